The molecule has 0 aliphatic carbocycles. The summed E-state index contributed by atoms with van der Waals surface area (Å²) in [5, 5.41) is 0. The van der Waals surface area contributed by atoms with Gasteiger partial charge in [-0.1, -0.05) is 6.07 Å². The van der Waals surface area contributed by atoms with Crippen LogP contribution in [0, 0.1) is 6.92 Å². The summed E-state index contributed by atoms with van der Waals surface area (Å²) in [4.78, 5) is 3.98. The van der Waals surface area contributed by atoms with Crippen molar-refractivity contribution in [2.75, 3.05) is 0 Å². The fraction of sp³-hybridized carbons (Fsp3) is 0.167. The van der Waals surface area contributed by atoms with Crippen molar-refractivity contribution in [3.05, 3.63) is 30.1 Å². The van der Waals surface area contributed by atoms with E-state index < -0.39 is 0 Å². The number of hydrogen-bond donors (Lipinski definition) is 0. The maximum atomic E-state index is 3.98. The average Bonchev–Trinajstić information content (AvgIpc) is 1.91. The molecule has 0 saturated heterocycles. The van der Waals surface area contributed by atoms with Crippen molar-refractivity contribution in [1.29, 1.82) is 0 Å². The molecule has 1 aromatic heterocycles. The third-order valence-electron chi connectivity index (χ3n) is 0.813. The Labute approximate surface area is 81.0 Å². The van der Waals surface area contributed by atoms with Crippen molar-refractivity contribution in [3.63, 3.8) is 0 Å². The monoisotopic (exact) mass is 309 g/mol. The van der Waals surface area contributed by atoms with Crippen LogP contribution in [0.25, 0.3) is 0 Å². The predicted octanol–water partition coefficient (Wildman–Crippen LogP) is 3.08. The Morgan fingerprint density at radius 3 is 2.20 bits per heavy atom. The van der Waals surface area contributed by atoms with E-state index in [1.54, 1.807) is 6.20 Å². The molecule has 0 atom stereocenters. The molecule has 0 saturated carbocycles. The first-order chi connectivity index (χ1) is 4.81. The van der Waals surface area contributed by atoms with Crippen LogP contribution in [0.4, 0.5) is 0 Å². The standard InChI is InChI=1S/C6H7N.2BrH.Ni/c1-6-4-2-3-5-7-6;;;/h2-5H,1H3;2*1H;/q;;;+2/p-2. The van der Waals surface area contributed by atoms with Crippen molar-refractivity contribution < 1.29 is 10.9 Å². The van der Waals surface area contributed by atoms with Crippen molar-refractivity contribution in [1.82, 2.24) is 4.98 Å². The maximum absolute atomic E-state index is 3.98. The molecule has 0 aromatic carbocycles. The summed E-state index contributed by atoms with van der Waals surface area (Å²) < 4.78 is 0. The minimum absolute atomic E-state index is 1.07. The molecule has 0 fully saturated rings. The van der Waals surface area contributed by atoms with E-state index in [4.69, 9.17) is 0 Å². The zero-order chi connectivity index (χ0) is 7.82. The molecule has 10 heavy (non-hydrogen) atoms. The summed E-state index contributed by atoms with van der Waals surface area (Å²) in [5.74, 6) is 0. The van der Waals surface area contributed by atoms with Crippen LogP contribution in [-0.4, -0.2) is 4.98 Å². The van der Waals surface area contributed by atoms with Gasteiger partial charge in [-0.15, -0.1) is 0 Å². The molecule has 0 bridgehead atoms. The summed E-state index contributed by atoms with van der Waals surface area (Å²) in [6, 6.07) is 5.86. The molecule has 0 amide bonds. The SMILES string of the molecule is Cc1ccccn1.[Br][Ni][Br]. The van der Waals surface area contributed by atoms with Crippen LogP contribution >= 0.6 is 28.5 Å². The van der Waals surface area contributed by atoms with Gasteiger partial charge in [0.15, 0.2) is 0 Å². The zero-order valence-electron chi connectivity index (χ0n) is 5.33. The molecule has 1 rings (SSSR count). The van der Waals surface area contributed by atoms with Crippen LogP contribution in [0.5, 0.6) is 0 Å². The molecule has 1 aromatic rings. The van der Waals surface area contributed by atoms with E-state index in [9.17, 15) is 0 Å². The second-order valence-corrected chi connectivity index (χ2v) is 6.50. The summed E-state index contributed by atoms with van der Waals surface area (Å²) in [7, 11) is 1.25. The molecule has 0 spiro atoms. The number of pyridine rings is 1. The van der Waals surface area contributed by atoms with E-state index >= 15 is 0 Å². The number of hydrogen-bond acceptors (Lipinski definition) is 1. The van der Waals surface area contributed by atoms with Gasteiger partial charge in [0.05, 0.1) is 0 Å². The molecule has 0 unspecified atom stereocenters. The number of aryl methyl sites for hydroxylation is 1. The zero-order valence-corrected chi connectivity index (χ0v) is 9.49. The summed E-state index contributed by atoms with van der Waals surface area (Å²) >= 11 is 6.00. The number of aromatic nitrogens is 1. The number of nitrogens with zero attached hydrogens (tertiary/aromatic N) is 1. The third-order valence-corrected chi connectivity index (χ3v) is 0.813. The minimum atomic E-state index is 1.07. The molecule has 60 valence electrons. The molecular weight excluding hydrogens is 305 g/mol. The van der Waals surface area contributed by atoms with Gasteiger partial charge in [-0.25, -0.2) is 0 Å². The van der Waals surface area contributed by atoms with E-state index in [2.05, 4.69) is 33.4 Å². The first-order valence-corrected chi connectivity index (χ1v) is 7.39. The fourth-order valence-electron chi connectivity index (χ4n) is 0.448. The summed E-state index contributed by atoms with van der Waals surface area (Å²) in [6.45, 7) is 1.97. The van der Waals surface area contributed by atoms with Gasteiger partial charge in [0.25, 0.3) is 0 Å². The van der Waals surface area contributed by atoms with E-state index in [1.165, 1.54) is 10.9 Å². The first-order valence-electron chi connectivity index (χ1n) is 2.51. The van der Waals surface area contributed by atoms with Gasteiger partial charge in [-0.3, -0.25) is 4.98 Å². The summed E-state index contributed by atoms with van der Waals surface area (Å²) in [5.41, 5.74) is 1.07. The van der Waals surface area contributed by atoms with Gasteiger partial charge in [0, 0.05) is 11.9 Å². The van der Waals surface area contributed by atoms with Crippen LogP contribution in [0.3, 0.4) is 0 Å². The average molecular weight is 312 g/mol. The Morgan fingerprint density at radius 2 is 2.00 bits per heavy atom. The molecule has 0 aliphatic rings. The van der Waals surface area contributed by atoms with Gasteiger partial charge >= 0.3 is 39.3 Å². The first kappa shape index (κ1) is 10.6. The van der Waals surface area contributed by atoms with E-state index in [0.29, 0.717) is 0 Å². The normalized spacial score (nSPS) is 8.30. The number of rotatable bonds is 0. The fourth-order valence-corrected chi connectivity index (χ4v) is 0.448. The Bertz CT molecular complexity index is 157. The van der Waals surface area contributed by atoms with Gasteiger partial charge in [0.2, 0.25) is 0 Å². The van der Waals surface area contributed by atoms with Crippen molar-refractivity contribution >= 4 is 28.5 Å². The van der Waals surface area contributed by atoms with E-state index in [0.717, 1.165) is 5.69 Å². The third kappa shape index (κ3) is 6.72. The van der Waals surface area contributed by atoms with Gasteiger partial charge in [0.1, 0.15) is 0 Å². The van der Waals surface area contributed by atoms with Crippen LogP contribution in [0.15, 0.2) is 24.4 Å². The van der Waals surface area contributed by atoms with Crippen molar-refractivity contribution in [2.24, 2.45) is 0 Å². The van der Waals surface area contributed by atoms with E-state index in [1.807, 2.05) is 25.1 Å². The Hall–Kier alpha value is 0.604. The molecule has 1 heterocycles. The molecule has 1 nitrogen and oxygen atoms in total. The second-order valence-electron chi connectivity index (χ2n) is 1.52. The van der Waals surface area contributed by atoms with Gasteiger partial charge < -0.3 is 0 Å². The van der Waals surface area contributed by atoms with Crippen molar-refractivity contribution in [2.45, 2.75) is 6.92 Å². The molecule has 4 heteroatoms. The molecule has 0 radical (unpaired) electrons. The van der Waals surface area contributed by atoms with Crippen LogP contribution < -0.4 is 0 Å². The Balaban J connectivity index is 0.000000236. The predicted molar refractivity (Wildman–Crippen MR) is 46.8 cm³/mol. The van der Waals surface area contributed by atoms with Gasteiger partial charge in [-0.2, -0.15) is 0 Å². The molecule has 0 N–H and O–H groups in total. The van der Waals surface area contributed by atoms with Crippen molar-refractivity contribution in [3.8, 4) is 0 Å². The van der Waals surface area contributed by atoms with Crippen LogP contribution in [0.2, 0.25) is 0 Å². The van der Waals surface area contributed by atoms with Crippen LogP contribution in [0.1, 0.15) is 5.69 Å². The van der Waals surface area contributed by atoms with Gasteiger partial charge in [-0.05, 0) is 19.1 Å². The second kappa shape index (κ2) is 7.71. The molecular formula is C6H7Br2NNi. The number of halogens is 2. The Kier molecular flexibility index (Phi) is 8.17. The topological polar surface area (TPSA) is 12.9 Å². The summed E-state index contributed by atoms with van der Waals surface area (Å²) in [6.07, 6.45) is 1.79. The van der Waals surface area contributed by atoms with E-state index in [-0.39, 0.29) is 0 Å². The quantitative estimate of drug-likeness (QED) is 0.671. The van der Waals surface area contributed by atoms with Crippen LogP contribution in [-0.2, 0) is 10.9 Å². The molecule has 0 aliphatic heterocycles. The Morgan fingerprint density at radius 1 is 1.40 bits per heavy atom.